The maximum absolute atomic E-state index is 12.2. The molecule has 2 N–H and O–H groups in total. The van der Waals surface area contributed by atoms with Crippen LogP contribution in [0, 0.1) is 0 Å². The maximum atomic E-state index is 12.2. The molecule has 0 atom stereocenters. The van der Waals surface area contributed by atoms with Crippen molar-refractivity contribution in [1.82, 2.24) is 0 Å². The van der Waals surface area contributed by atoms with Gasteiger partial charge in [0.1, 0.15) is 0 Å². The van der Waals surface area contributed by atoms with Gasteiger partial charge in [-0.05, 0) is 23.3 Å². The van der Waals surface area contributed by atoms with Crippen LogP contribution in [0.5, 0.6) is 0 Å². The van der Waals surface area contributed by atoms with E-state index in [-0.39, 0.29) is 5.75 Å². The number of rotatable bonds is 4. The second-order valence-electron chi connectivity index (χ2n) is 4.04. The number of benzene rings is 2. The molecule has 0 aliphatic heterocycles. The summed E-state index contributed by atoms with van der Waals surface area (Å²) < 4.78 is 24.5. The summed E-state index contributed by atoms with van der Waals surface area (Å²) in [5.74, 6) is -0.00954. The van der Waals surface area contributed by atoms with Crippen molar-refractivity contribution in [2.24, 2.45) is 5.73 Å². The van der Waals surface area contributed by atoms with Crippen LogP contribution in [0.2, 0.25) is 0 Å². The first-order valence-electron chi connectivity index (χ1n) is 5.68. The van der Waals surface area contributed by atoms with E-state index in [0.717, 1.165) is 11.1 Å². The summed E-state index contributed by atoms with van der Waals surface area (Å²) in [6, 6.07) is 15.8. The molecule has 0 radical (unpaired) electrons. The molecule has 18 heavy (non-hydrogen) atoms. The molecule has 0 unspecified atom stereocenters. The van der Waals surface area contributed by atoms with Gasteiger partial charge >= 0.3 is 0 Å². The van der Waals surface area contributed by atoms with E-state index in [1.807, 2.05) is 24.3 Å². The lowest BCUT2D eigenvalue weighted by molar-refractivity contribution is 0.595. The third kappa shape index (κ3) is 2.78. The van der Waals surface area contributed by atoms with E-state index in [0.29, 0.717) is 11.4 Å². The van der Waals surface area contributed by atoms with E-state index in [2.05, 4.69) is 0 Å². The van der Waals surface area contributed by atoms with Crippen LogP contribution in [-0.4, -0.2) is 8.42 Å². The quantitative estimate of drug-likeness (QED) is 0.917. The first-order valence-corrected chi connectivity index (χ1v) is 7.33. The first kappa shape index (κ1) is 12.8. The van der Waals surface area contributed by atoms with Crippen molar-refractivity contribution in [3.63, 3.8) is 0 Å². The van der Waals surface area contributed by atoms with Gasteiger partial charge in [-0.2, -0.15) is 0 Å². The predicted octanol–water partition coefficient (Wildman–Crippen LogP) is 2.12. The minimum atomic E-state index is -3.30. The van der Waals surface area contributed by atoms with Gasteiger partial charge in [-0.1, -0.05) is 42.5 Å². The summed E-state index contributed by atoms with van der Waals surface area (Å²) in [6.45, 7) is 0.348. The molecule has 3 nitrogen and oxygen atoms in total. The second kappa shape index (κ2) is 5.33. The predicted molar refractivity (Wildman–Crippen MR) is 71.7 cm³/mol. The van der Waals surface area contributed by atoms with Gasteiger partial charge in [0, 0.05) is 6.54 Å². The highest BCUT2D eigenvalue weighted by Crippen LogP contribution is 2.18. The molecule has 0 spiro atoms. The SMILES string of the molecule is NCc1ccccc1CS(=O)(=O)c1ccccc1. The Bertz CT molecular complexity index is 621. The van der Waals surface area contributed by atoms with Gasteiger partial charge < -0.3 is 5.73 Å². The lowest BCUT2D eigenvalue weighted by Crippen LogP contribution is -2.08. The van der Waals surface area contributed by atoms with Gasteiger partial charge in [0.05, 0.1) is 10.6 Å². The lowest BCUT2D eigenvalue weighted by Gasteiger charge is -2.08. The van der Waals surface area contributed by atoms with Gasteiger partial charge in [-0.25, -0.2) is 8.42 Å². The summed E-state index contributed by atoms with van der Waals surface area (Å²) in [5, 5.41) is 0. The molecule has 2 aromatic carbocycles. The molecule has 0 fully saturated rings. The molecule has 2 aromatic rings. The number of hydrogen-bond acceptors (Lipinski definition) is 3. The van der Waals surface area contributed by atoms with Crippen molar-refractivity contribution in [3.05, 3.63) is 65.7 Å². The van der Waals surface area contributed by atoms with E-state index in [1.165, 1.54) is 0 Å². The molecule has 0 aromatic heterocycles. The monoisotopic (exact) mass is 261 g/mol. The normalized spacial score (nSPS) is 11.4. The molecule has 0 aliphatic carbocycles. The summed E-state index contributed by atoms with van der Waals surface area (Å²) in [7, 11) is -3.30. The fraction of sp³-hybridized carbons (Fsp3) is 0.143. The van der Waals surface area contributed by atoms with E-state index < -0.39 is 9.84 Å². The Morgan fingerprint density at radius 3 is 2.00 bits per heavy atom. The van der Waals surface area contributed by atoms with Crippen molar-refractivity contribution in [2.75, 3.05) is 0 Å². The van der Waals surface area contributed by atoms with Crippen LogP contribution < -0.4 is 5.73 Å². The Morgan fingerprint density at radius 1 is 0.833 bits per heavy atom. The highest BCUT2D eigenvalue weighted by Gasteiger charge is 2.16. The number of hydrogen-bond donors (Lipinski definition) is 1. The lowest BCUT2D eigenvalue weighted by atomic mass is 10.1. The van der Waals surface area contributed by atoms with Crippen LogP contribution in [0.15, 0.2) is 59.5 Å². The minimum Gasteiger partial charge on any atom is -0.326 e. The zero-order chi connectivity index (χ0) is 13.0. The van der Waals surface area contributed by atoms with E-state index in [4.69, 9.17) is 5.73 Å². The molecule has 2 rings (SSSR count). The Hall–Kier alpha value is -1.65. The molecule has 0 saturated heterocycles. The van der Waals surface area contributed by atoms with Gasteiger partial charge in [0.15, 0.2) is 9.84 Å². The van der Waals surface area contributed by atoms with Crippen molar-refractivity contribution in [2.45, 2.75) is 17.2 Å². The van der Waals surface area contributed by atoms with Gasteiger partial charge in [-0.3, -0.25) is 0 Å². The van der Waals surface area contributed by atoms with E-state index >= 15 is 0 Å². The number of sulfone groups is 1. The molecule has 0 amide bonds. The zero-order valence-electron chi connectivity index (χ0n) is 9.91. The molecule has 0 saturated carbocycles. The topological polar surface area (TPSA) is 60.2 Å². The van der Waals surface area contributed by atoms with E-state index in [1.54, 1.807) is 30.3 Å². The zero-order valence-corrected chi connectivity index (χ0v) is 10.7. The molecular weight excluding hydrogens is 246 g/mol. The summed E-state index contributed by atoms with van der Waals surface area (Å²) in [4.78, 5) is 0.344. The standard InChI is InChI=1S/C14H15NO2S/c15-10-12-6-4-5-7-13(12)11-18(16,17)14-8-2-1-3-9-14/h1-9H,10-11,15H2. The first-order chi connectivity index (χ1) is 8.63. The van der Waals surface area contributed by atoms with Gasteiger partial charge in [0.2, 0.25) is 0 Å². The van der Waals surface area contributed by atoms with Crippen molar-refractivity contribution in [1.29, 1.82) is 0 Å². The third-order valence-corrected chi connectivity index (χ3v) is 4.47. The second-order valence-corrected chi connectivity index (χ2v) is 6.03. The molecule has 94 valence electrons. The van der Waals surface area contributed by atoms with Crippen LogP contribution >= 0.6 is 0 Å². The van der Waals surface area contributed by atoms with Crippen molar-refractivity contribution < 1.29 is 8.42 Å². The van der Waals surface area contributed by atoms with Crippen LogP contribution in [0.3, 0.4) is 0 Å². The number of nitrogens with two attached hydrogens (primary N) is 1. The summed E-state index contributed by atoms with van der Waals surface area (Å²) >= 11 is 0. The van der Waals surface area contributed by atoms with Crippen LogP contribution in [-0.2, 0) is 22.1 Å². The third-order valence-electron chi connectivity index (χ3n) is 2.79. The highest BCUT2D eigenvalue weighted by molar-refractivity contribution is 7.90. The Balaban J connectivity index is 2.34. The molecular formula is C14H15NO2S. The summed E-state index contributed by atoms with van der Waals surface area (Å²) in [6.07, 6.45) is 0. The molecule has 0 heterocycles. The molecule has 0 aliphatic rings. The van der Waals surface area contributed by atoms with Crippen LogP contribution in [0.25, 0.3) is 0 Å². The van der Waals surface area contributed by atoms with Crippen molar-refractivity contribution >= 4 is 9.84 Å². The summed E-state index contributed by atoms with van der Waals surface area (Å²) in [5.41, 5.74) is 7.25. The Labute approximate surface area is 107 Å². The Morgan fingerprint density at radius 2 is 1.39 bits per heavy atom. The van der Waals surface area contributed by atoms with Gasteiger partial charge in [-0.15, -0.1) is 0 Å². The largest absolute Gasteiger partial charge is 0.326 e. The average Bonchev–Trinajstić information content (AvgIpc) is 2.40. The molecule has 4 heteroatoms. The maximum Gasteiger partial charge on any atom is 0.182 e. The fourth-order valence-corrected chi connectivity index (χ4v) is 3.24. The molecule has 0 bridgehead atoms. The van der Waals surface area contributed by atoms with E-state index in [9.17, 15) is 8.42 Å². The van der Waals surface area contributed by atoms with Gasteiger partial charge in [0.25, 0.3) is 0 Å². The average molecular weight is 261 g/mol. The minimum absolute atomic E-state index is 0.00954. The Kier molecular flexibility index (Phi) is 3.79. The highest BCUT2D eigenvalue weighted by atomic mass is 32.2. The van der Waals surface area contributed by atoms with Crippen LogP contribution in [0.4, 0.5) is 0 Å². The fourth-order valence-electron chi connectivity index (χ4n) is 1.81. The van der Waals surface area contributed by atoms with Crippen molar-refractivity contribution in [3.8, 4) is 0 Å². The van der Waals surface area contributed by atoms with Crippen LogP contribution in [0.1, 0.15) is 11.1 Å². The smallest absolute Gasteiger partial charge is 0.182 e.